The van der Waals surface area contributed by atoms with Crippen molar-refractivity contribution in [2.75, 3.05) is 26.8 Å². The maximum absolute atomic E-state index is 12.6. The van der Waals surface area contributed by atoms with Crippen LogP contribution in [0.3, 0.4) is 0 Å². The molecule has 0 bridgehead atoms. The van der Waals surface area contributed by atoms with Crippen molar-refractivity contribution in [3.8, 4) is 0 Å². The number of hydrogen-bond acceptors (Lipinski definition) is 5. The van der Waals surface area contributed by atoms with Crippen molar-refractivity contribution in [2.45, 2.75) is 45.6 Å². The Balaban J connectivity index is 0.00000264. The lowest BCUT2D eigenvalue weighted by molar-refractivity contribution is -0.136. The summed E-state index contributed by atoms with van der Waals surface area (Å²) in [6.45, 7) is 9.14. The van der Waals surface area contributed by atoms with Crippen LogP contribution in [0.25, 0.3) is 0 Å². The monoisotopic (exact) mass is 397 g/mol. The molecule has 8 heteroatoms. The molecule has 1 saturated heterocycles. The summed E-state index contributed by atoms with van der Waals surface area (Å²) in [7, 11) is 1.66. The number of aromatic nitrogens is 1. The third-order valence-corrected chi connectivity index (χ3v) is 5.03. The summed E-state index contributed by atoms with van der Waals surface area (Å²) in [5.74, 6) is 0.0864. The SMILES string of the molecule is COCC1(C(=O)NCc2nc(C(C)(C)C)cs2)CCNCC1.Cl.Cl. The minimum atomic E-state index is -0.399. The summed E-state index contributed by atoms with van der Waals surface area (Å²) in [5.41, 5.74) is 0.727. The smallest absolute Gasteiger partial charge is 0.228 e. The van der Waals surface area contributed by atoms with Gasteiger partial charge in [0, 0.05) is 17.9 Å². The van der Waals surface area contributed by atoms with Crippen molar-refractivity contribution in [3.63, 3.8) is 0 Å². The fraction of sp³-hybridized carbons (Fsp3) is 0.750. The minimum absolute atomic E-state index is 0. The second-order valence-electron chi connectivity index (χ2n) is 7.02. The van der Waals surface area contributed by atoms with Crippen LogP contribution in [-0.4, -0.2) is 37.7 Å². The zero-order valence-corrected chi connectivity index (χ0v) is 17.3. The number of rotatable bonds is 5. The first-order valence-electron chi connectivity index (χ1n) is 7.80. The number of carbonyl (C=O) groups is 1. The van der Waals surface area contributed by atoms with Gasteiger partial charge >= 0.3 is 0 Å². The van der Waals surface area contributed by atoms with Gasteiger partial charge < -0.3 is 15.4 Å². The summed E-state index contributed by atoms with van der Waals surface area (Å²) in [5, 5.41) is 9.40. The Morgan fingerprint density at radius 2 is 2.00 bits per heavy atom. The molecule has 0 saturated carbocycles. The van der Waals surface area contributed by atoms with Crippen LogP contribution < -0.4 is 10.6 Å². The second-order valence-corrected chi connectivity index (χ2v) is 7.97. The van der Waals surface area contributed by atoms with E-state index in [1.165, 1.54) is 0 Å². The summed E-state index contributed by atoms with van der Waals surface area (Å²) >= 11 is 1.61. The van der Waals surface area contributed by atoms with E-state index in [1.807, 2.05) is 0 Å². The molecule has 1 aromatic rings. The quantitative estimate of drug-likeness (QED) is 0.801. The van der Waals surface area contributed by atoms with Crippen molar-refractivity contribution in [1.29, 1.82) is 0 Å². The molecule has 1 aliphatic rings. The summed E-state index contributed by atoms with van der Waals surface area (Å²) in [6, 6.07) is 0. The summed E-state index contributed by atoms with van der Waals surface area (Å²) in [6.07, 6.45) is 1.63. The minimum Gasteiger partial charge on any atom is -0.384 e. The molecule has 1 aliphatic heterocycles. The van der Waals surface area contributed by atoms with Gasteiger partial charge in [0.25, 0.3) is 0 Å². The Kier molecular flexibility index (Phi) is 9.76. The number of amides is 1. The number of piperidine rings is 1. The van der Waals surface area contributed by atoms with E-state index in [0.29, 0.717) is 13.2 Å². The fourth-order valence-corrected chi connectivity index (χ4v) is 3.66. The molecule has 2 N–H and O–H groups in total. The fourth-order valence-electron chi connectivity index (χ4n) is 2.70. The van der Waals surface area contributed by atoms with Crippen molar-refractivity contribution in [2.24, 2.45) is 5.41 Å². The lowest BCUT2D eigenvalue weighted by Crippen LogP contribution is -2.49. The van der Waals surface area contributed by atoms with Gasteiger partial charge in [0.15, 0.2) is 0 Å². The lowest BCUT2D eigenvalue weighted by atomic mass is 9.78. The first kappa shape index (κ1) is 23.6. The highest BCUT2D eigenvalue weighted by molar-refractivity contribution is 7.09. The lowest BCUT2D eigenvalue weighted by Gasteiger charge is -2.35. The average Bonchev–Trinajstić information content (AvgIpc) is 2.95. The topological polar surface area (TPSA) is 63.2 Å². The summed E-state index contributed by atoms with van der Waals surface area (Å²) in [4.78, 5) is 17.3. The van der Waals surface area contributed by atoms with E-state index >= 15 is 0 Å². The van der Waals surface area contributed by atoms with Crippen molar-refractivity contribution < 1.29 is 9.53 Å². The maximum atomic E-state index is 12.6. The average molecular weight is 398 g/mol. The van der Waals surface area contributed by atoms with Gasteiger partial charge in [0.05, 0.1) is 24.3 Å². The van der Waals surface area contributed by atoms with Crippen LogP contribution in [0.15, 0.2) is 5.38 Å². The number of methoxy groups -OCH3 is 1. The molecule has 1 fully saturated rings. The first-order chi connectivity index (χ1) is 10.4. The molecular weight excluding hydrogens is 369 g/mol. The van der Waals surface area contributed by atoms with Crippen molar-refractivity contribution in [3.05, 3.63) is 16.1 Å². The molecule has 24 heavy (non-hydrogen) atoms. The van der Waals surface area contributed by atoms with Crippen LogP contribution >= 0.6 is 36.2 Å². The molecule has 1 aromatic heterocycles. The standard InChI is InChI=1S/C16H27N3O2S.2ClH/c1-15(2,3)12-10-22-13(19-12)9-18-14(20)16(11-21-4)5-7-17-8-6-16;;/h10,17H,5-9,11H2,1-4H3,(H,18,20);2*1H. The van der Waals surface area contributed by atoms with Gasteiger partial charge in [-0.05, 0) is 25.9 Å². The Morgan fingerprint density at radius 3 is 2.50 bits per heavy atom. The predicted molar refractivity (Wildman–Crippen MR) is 104 cm³/mol. The first-order valence-corrected chi connectivity index (χ1v) is 8.68. The number of hydrogen-bond donors (Lipinski definition) is 2. The zero-order chi connectivity index (χ0) is 16.2. The van der Waals surface area contributed by atoms with Crippen LogP contribution in [0.2, 0.25) is 0 Å². The molecule has 0 spiro atoms. The Bertz CT molecular complexity index is 506. The predicted octanol–water partition coefficient (Wildman–Crippen LogP) is 2.92. The van der Waals surface area contributed by atoms with Crippen LogP contribution in [0, 0.1) is 5.41 Å². The maximum Gasteiger partial charge on any atom is 0.228 e. The molecule has 2 heterocycles. The van der Waals surface area contributed by atoms with E-state index in [1.54, 1.807) is 18.4 Å². The van der Waals surface area contributed by atoms with Gasteiger partial charge in [-0.1, -0.05) is 20.8 Å². The van der Waals surface area contributed by atoms with Crippen LogP contribution in [-0.2, 0) is 21.5 Å². The van der Waals surface area contributed by atoms with Gasteiger partial charge in [-0.2, -0.15) is 0 Å². The van der Waals surface area contributed by atoms with E-state index in [4.69, 9.17) is 4.74 Å². The van der Waals surface area contributed by atoms with Gasteiger partial charge in [0.1, 0.15) is 5.01 Å². The van der Waals surface area contributed by atoms with Crippen LogP contribution in [0.1, 0.15) is 44.3 Å². The molecule has 140 valence electrons. The van der Waals surface area contributed by atoms with E-state index in [-0.39, 0.29) is 36.1 Å². The van der Waals surface area contributed by atoms with Gasteiger partial charge in [-0.3, -0.25) is 4.79 Å². The van der Waals surface area contributed by atoms with Gasteiger partial charge in [0.2, 0.25) is 5.91 Å². The summed E-state index contributed by atoms with van der Waals surface area (Å²) < 4.78 is 5.31. The Hall–Kier alpha value is -0.400. The third-order valence-electron chi connectivity index (χ3n) is 4.18. The zero-order valence-electron chi connectivity index (χ0n) is 14.8. The molecule has 0 unspecified atom stereocenters. The van der Waals surface area contributed by atoms with Crippen molar-refractivity contribution in [1.82, 2.24) is 15.6 Å². The normalized spacial score (nSPS) is 16.7. The Labute approximate surface area is 161 Å². The molecule has 5 nitrogen and oxygen atoms in total. The largest absolute Gasteiger partial charge is 0.384 e. The molecule has 1 amide bonds. The Morgan fingerprint density at radius 1 is 1.38 bits per heavy atom. The second kappa shape index (κ2) is 9.92. The number of halogens is 2. The van der Waals surface area contributed by atoms with Gasteiger partial charge in [-0.15, -0.1) is 36.2 Å². The van der Waals surface area contributed by atoms with Crippen LogP contribution in [0.5, 0.6) is 0 Å². The number of thiazole rings is 1. The van der Waals surface area contributed by atoms with E-state index in [0.717, 1.165) is 36.6 Å². The van der Waals surface area contributed by atoms with E-state index < -0.39 is 5.41 Å². The highest BCUT2D eigenvalue weighted by Gasteiger charge is 2.39. The number of ether oxygens (including phenoxy) is 1. The molecular formula is C16H29Cl2N3O2S. The number of nitrogens with zero attached hydrogens (tertiary/aromatic N) is 1. The highest BCUT2D eigenvalue weighted by atomic mass is 35.5. The number of nitrogens with one attached hydrogen (secondary N) is 2. The molecule has 0 atom stereocenters. The number of carbonyl (C=O) groups excluding carboxylic acids is 1. The van der Waals surface area contributed by atoms with E-state index in [9.17, 15) is 4.79 Å². The van der Waals surface area contributed by atoms with Crippen molar-refractivity contribution >= 4 is 42.1 Å². The third kappa shape index (κ3) is 5.85. The van der Waals surface area contributed by atoms with Gasteiger partial charge in [-0.25, -0.2) is 4.98 Å². The molecule has 0 radical (unpaired) electrons. The molecule has 0 aromatic carbocycles. The molecule has 0 aliphatic carbocycles. The van der Waals surface area contributed by atoms with E-state index in [2.05, 4.69) is 41.8 Å². The van der Waals surface area contributed by atoms with Crippen LogP contribution in [0.4, 0.5) is 0 Å². The highest BCUT2D eigenvalue weighted by Crippen LogP contribution is 2.30. The molecule has 2 rings (SSSR count).